The van der Waals surface area contributed by atoms with Crippen molar-refractivity contribution >= 4 is 34.2 Å². The Bertz CT molecular complexity index is 917. The Morgan fingerprint density at radius 2 is 2.00 bits per heavy atom. The van der Waals surface area contributed by atoms with Gasteiger partial charge in [-0.1, -0.05) is 24.4 Å². The normalized spacial score (nSPS) is 18.1. The molecule has 1 aliphatic heterocycles. The number of hydrogen-bond acceptors (Lipinski definition) is 7. The van der Waals surface area contributed by atoms with E-state index >= 15 is 0 Å². The second-order valence-corrected chi connectivity index (χ2v) is 9.37. The smallest absolute Gasteiger partial charge is 0.304 e. The van der Waals surface area contributed by atoms with E-state index in [1.165, 1.54) is 0 Å². The van der Waals surface area contributed by atoms with Gasteiger partial charge in [0.2, 0.25) is 5.75 Å². The molecule has 1 aromatic carbocycles. The lowest BCUT2D eigenvalue weighted by molar-refractivity contribution is -0.121. The monoisotopic (exact) mass is 463 g/mol. The van der Waals surface area contributed by atoms with Crippen LogP contribution in [0.4, 0.5) is 4.39 Å². The molecular formula is C18H23ClFN3O6S. The molecule has 0 radical (unpaired) electrons. The van der Waals surface area contributed by atoms with Gasteiger partial charge in [-0.15, -0.1) is 0 Å². The van der Waals surface area contributed by atoms with Gasteiger partial charge in [-0.2, -0.15) is 12.7 Å². The molecule has 9 nitrogen and oxygen atoms in total. The highest BCUT2D eigenvalue weighted by molar-refractivity contribution is 7.87. The van der Waals surface area contributed by atoms with Crippen molar-refractivity contribution in [3.05, 3.63) is 22.5 Å². The quantitative estimate of drug-likeness (QED) is 0.533. The third-order valence-electron chi connectivity index (χ3n) is 5.30. The molecule has 1 aromatic rings. The lowest BCUT2D eigenvalue weighted by Gasteiger charge is -2.37. The summed E-state index contributed by atoms with van der Waals surface area (Å²) in [5.74, 6) is -3.05. The van der Waals surface area contributed by atoms with E-state index in [-0.39, 0.29) is 48.9 Å². The second kappa shape index (κ2) is 9.46. The van der Waals surface area contributed by atoms with Crippen LogP contribution in [0.5, 0.6) is 11.5 Å². The first-order chi connectivity index (χ1) is 14.3. The number of ether oxygens (including phenoxy) is 2. The summed E-state index contributed by atoms with van der Waals surface area (Å²) in [5.41, 5.74) is -0.681. The molecule has 2 fully saturated rings. The average molecular weight is 464 g/mol. The molecule has 0 unspecified atom stereocenters. The highest BCUT2D eigenvalue weighted by atomic mass is 35.5. The summed E-state index contributed by atoms with van der Waals surface area (Å²) in [6.45, 7) is 0.592. The summed E-state index contributed by atoms with van der Waals surface area (Å²) in [5, 5.41) is 2.73. The first-order valence-electron chi connectivity index (χ1n) is 9.51. The number of benzene rings is 1. The number of nitrogens with zero attached hydrogens (tertiary/aromatic N) is 1. The van der Waals surface area contributed by atoms with E-state index in [0.717, 1.165) is 36.1 Å². The van der Waals surface area contributed by atoms with Crippen LogP contribution < -0.4 is 19.5 Å². The van der Waals surface area contributed by atoms with Crippen molar-refractivity contribution in [2.24, 2.45) is 5.92 Å². The van der Waals surface area contributed by atoms with E-state index in [1.807, 2.05) is 0 Å². The van der Waals surface area contributed by atoms with Gasteiger partial charge in [0.25, 0.3) is 12.4 Å². The lowest BCUT2D eigenvalue weighted by Crippen LogP contribution is -2.61. The zero-order valence-electron chi connectivity index (χ0n) is 16.3. The van der Waals surface area contributed by atoms with Gasteiger partial charge in [0.1, 0.15) is 0 Å². The van der Waals surface area contributed by atoms with Crippen molar-refractivity contribution in [3.63, 3.8) is 0 Å². The Hall–Kier alpha value is -1.95. The number of carbonyl (C=O) groups is 2. The zero-order valence-corrected chi connectivity index (χ0v) is 17.9. The molecular weight excluding hydrogens is 441 g/mol. The van der Waals surface area contributed by atoms with E-state index in [0.29, 0.717) is 0 Å². The summed E-state index contributed by atoms with van der Waals surface area (Å²) in [4.78, 5) is 23.3. The molecule has 0 aromatic heterocycles. The summed E-state index contributed by atoms with van der Waals surface area (Å²) in [6, 6.07) is 0.933. The fourth-order valence-electron chi connectivity index (χ4n) is 3.47. The summed E-state index contributed by atoms with van der Waals surface area (Å²) in [7, 11) is -2.47. The fraction of sp³-hybridized carbons (Fsp3) is 0.556. The number of amides is 1. The predicted octanol–water partition coefficient (Wildman–Crippen LogP) is 1.46. The van der Waals surface area contributed by atoms with Crippen molar-refractivity contribution in [1.82, 2.24) is 14.3 Å². The molecule has 1 saturated carbocycles. The van der Waals surface area contributed by atoms with Gasteiger partial charge < -0.3 is 14.8 Å². The van der Waals surface area contributed by atoms with E-state index in [2.05, 4.69) is 10.1 Å². The van der Waals surface area contributed by atoms with Crippen molar-refractivity contribution < 1.29 is 31.9 Å². The second-order valence-electron chi connectivity index (χ2n) is 7.29. The topological polar surface area (TPSA) is 114 Å². The minimum Gasteiger partial charge on any atom is -0.488 e. The van der Waals surface area contributed by atoms with Crippen molar-refractivity contribution in [2.45, 2.75) is 31.7 Å². The van der Waals surface area contributed by atoms with Crippen molar-refractivity contribution in [2.75, 3.05) is 26.7 Å². The SMILES string of the molecule is CNC1CN(S(=O)(=O)NC(=O)c2cc(Cl)c(OCC3CCCC3)c(OC=O)c2F)C1. The van der Waals surface area contributed by atoms with Gasteiger partial charge in [0.15, 0.2) is 11.6 Å². The van der Waals surface area contributed by atoms with Crippen LogP contribution in [-0.2, 0) is 15.0 Å². The van der Waals surface area contributed by atoms with Crippen LogP contribution >= 0.6 is 11.6 Å². The van der Waals surface area contributed by atoms with E-state index in [4.69, 9.17) is 16.3 Å². The molecule has 30 heavy (non-hydrogen) atoms. The van der Waals surface area contributed by atoms with Gasteiger partial charge in [-0.25, -0.2) is 9.11 Å². The maximum Gasteiger partial charge on any atom is 0.304 e. The third kappa shape index (κ3) is 4.85. The highest BCUT2D eigenvalue weighted by Crippen LogP contribution is 2.40. The summed E-state index contributed by atoms with van der Waals surface area (Å²) >= 11 is 6.15. The van der Waals surface area contributed by atoms with Crippen molar-refractivity contribution in [1.29, 1.82) is 0 Å². The lowest BCUT2D eigenvalue weighted by atomic mass is 10.1. The number of carbonyl (C=O) groups excluding carboxylic acids is 2. The number of rotatable bonds is 9. The molecule has 2 N–H and O–H groups in total. The summed E-state index contributed by atoms with van der Waals surface area (Å²) < 4.78 is 52.6. The summed E-state index contributed by atoms with van der Waals surface area (Å²) in [6.07, 6.45) is 4.08. The Morgan fingerprint density at radius 1 is 1.33 bits per heavy atom. The zero-order chi connectivity index (χ0) is 21.9. The molecule has 166 valence electrons. The molecule has 0 bridgehead atoms. The third-order valence-corrected chi connectivity index (χ3v) is 7.00. The highest BCUT2D eigenvalue weighted by Gasteiger charge is 2.37. The Kier molecular flexibility index (Phi) is 7.17. The molecule has 0 atom stereocenters. The minimum atomic E-state index is -4.16. The fourth-order valence-corrected chi connectivity index (χ4v) is 4.95. The predicted molar refractivity (Wildman–Crippen MR) is 106 cm³/mol. The van der Waals surface area contributed by atoms with Crippen LogP contribution in [0.3, 0.4) is 0 Å². The average Bonchev–Trinajstić information content (AvgIpc) is 3.16. The van der Waals surface area contributed by atoms with E-state index in [1.54, 1.807) is 11.8 Å². The van der Waals surface area contributed by atoms with Gasteiger partial charge >= 0.3 is 10.2 Å². The Labute approximate surface area is 179 Å². The number of halogens is 2. The molecule has 2 aliphatic rings. The molecule has 12 heteroatoms. The minimum absolute atomic E-state index is 0.0203. The maximum atomic E-state index is 14.9. The Balaban J connectivity index is 1.80. The van der Waals surface area contributed by atoms with Crippen LogP contribution in [0.15, 0.2) is 6.07 Å². The van der Waals surface area contributed by atoms with E-state index in [9.17, 15) is 22.4 Å². The maximum absolute atomic E-state index is 14.9. The van der Waals surface area contributed by atoms with Gasteiger partial charge in [-0.05, 0) is 31.9 Å². The molecule has 0 spiro atoms. The van der Waals surface area contributed by atoms with Crippen LogP contribution in [0, 0.1) is 11.7 Å². The first-order valence-corrected chi connectivity index (χ1v) is 11.3. The largest absolute Gasteiger partial charge is 0.488 e. The standard InChI is InChI=1S/C18H23ClFN3O6S/c1-21-12-7-23(8-12)30(26,27)22-18(25)13-6-14(19)16(17(15(13)20)29-10-24)28-9-11-4-2-3-5-11/h6,10-12,21H,2-5,7-9H2,1H3,(H,22,25). The first kappa shape index (κ1) is 22.7. The van der Waals surface area contributed by atoms with Gasteiger partial charge in [-0.3, -0.25) is 9.59 Å². The molecule has 1 heterocycles. The molecule has 1 amide bonds. The number of hydrogen-bond donors (Lipinski definition) is 2. The van der Waals surface area contributed by atoms with Crippen LogP contribution in [0.2, 0.25) is 5.02 Å². The number of likely N-dealkylation sites (N-methyl/N-ethyl adjacent to an activating group) is 1. The van der Waals surface area contributed by atoms with Gasteiger partial charge in [0, 0.05) is 19.1 Å². The molecule has 3 rings (SSSR count). The molecule has 1 saturated heterocycles. The van der Waals surface area contributed by atoms with Gasteiger partial charge in [0.05, 0.1) is 17.2 Å². The van der Waals surface area contributed by atoms with Crippen LogP contribution in [0.25, 0.3) is 0 Å². The van der Waals surface area contributed by atoms with Crippen LogP contribution in [0.1, 0.15) is 36.0 Å². The van der Waals surface area contributed by atoms with Crippen LogP contribution in [-0.4, -0.2) is 57.9 Å². The molecule has 1 aliphatic carbocycles. The Morgan fingerprint density at radius 3 is 2.60 bits per heavy atom. The number of nitrogens with one attached hydrogen (secondary N) is 2. The van der Waals surface area contributed by atoms with Crippen molar-refractivity contribution in [3.8, 4) is 11.5 Å². The van der Waals surface area contributed by atoms with E-state index < -0.39 is 33.2 Å².